The predicted octanol–water partition coefficient (Wildman–Crippen LogP) is 4.08. The molecular weight excluding hydrogens is 290 g/mol. The van der Waals surface area contributed by atoms with E-state index in [0.717, 1.165) is 24.1 Å². The summed E-state index contributed by atoms with van der Waals surface area (Å²) in [6.45, 7) is 9.05. The summed E-state index contributed by atoms with van der Waals surface area (Å²) in [5.41, 5.74) is 0.392. The summed E-state index contributed by atoms with van der Waals surface area (Å²) in [6.07, 6.45) is 4.55. The third kappa shape index (κ3) is 3.97. The van der Waals surface area contributed by atoms with Crippen LogP contribution in [0.5, 0.6) is 0 Å². The lowest BCUT2D eigenvalue weighted by atomic mass is 9.69. The Labute approximate surface area is 121 Å². The van der Waals surface area contributed by atoms with Gasteiger partial charge in [-0.1, -0.05) is 36.7 Å². The monoisotopic (exact) mass is 317 g/mol. The molecule has 0 aliphatic heterocycles. The largest absolute Gasteiger partial charge is 0.342 e. The molecule has 0 heterocycles. The molecule has 0 spiro atoms. The molecule has 0 aromatic carbocycles. The van der Waals surface area contributed by atoms with Gasteiger partial charge in [0.2, 0.25) is 5.91 Å². The van der Waals surface area contributed by atoms with Crippen LogP contribution in [-0.2, 0) is 4.79 Å². The maximum Gasteiger partial charge on any atom is 0.225 e. The highest BCUT2D eigenvalue weighted by Gasteiger charge is 2.33. The van der Waals surface area contributed by atoms with Crippen molar-refractivity contribution in [3.05, 3.63) is 0 Å². The van der Waals surface area contributed by atoms with Crippen LogP contribution in [0, 0.1) is 17.3 Å². The molecule has 106 valence electrons. The number of amides is 1. The third-order valence-corrected chi connectivity index (χ3v) is 5.47. The fourth-order valence-corrected chi connectivity index (χ4v) is 3.25. The molecular formula is C15H28BrNO. The minimum atomic E-state index is 0.259. The van der Waals surface area contributed by atoms with Crippen molar-refractivity contribution >= 4 is 21.8 Å². The van der Waals surface area contributed by atoms with Crippen LogP contribution in [0.1, 0.15) is 53.4 Å². The zero-order valence-corrected chi connectivity index (χ0v) is 14.1. The SMILES string of the molecule is CC(CBr)N(C)C(=O)C1CCC(C(C)(C)C)CC1. The maximum absolute atomic E-state index is 12.4. The quantitative estimate of drug-likeness (QED) is 0.718. The van der Waals surface area contributed by atoms with Crippen LogP contribution in [0.25, 0.3) is 0 Å². The molecule has 1 amide bonds. The van der Waals surface area contributed by atoms with E-state index >= 15 is 0 Å². The van der Waals surface area contributed by atoms with Crippen LogP contribution in [0.15, 0.2) is 0 Å². The molecule has 1 atom stereocenters. The summed E-state index contributed by atoms with van der Waals surface area (Å²) in [6, 6.07) is 0.290. The van der Waals surface area contributed by atoms with Crippen LogP contribution in [0.4, 0.5) is 0 Å². The van der Waals surface area contributed by atoms with Crippen molar-refractivity contribution in [2.24, 2.45) is 17.3 Å². The van der Waals surface area contributed by atoms with E-state index in [1.165, 1.54) is 12.8 Å². The molecule has 18 heavy (non-hydrogen) atoms. The lowest BCUT2D eigenvalue weighted by Gasteiger charge is -2.38. The van der Waals surface area contributed by atoms with Crippen LogP contribution in [-0.4, -0.2) is 29.2 Å². The minimum Gasteiger partial charge on any atom is -0.342 e. The summed E-state index contributed by atoms with van der Waals surface area (Å²) in [7, 11) is 1.93. The highest BCUT2D eigenvalue weighted by atomic mass is 79.9. The summed E-state index contributed by atoms with van der Waals surface area (Å²) in [4.78, 5) is 14.3. The van der Waals surface area contributed by atoms with Crippen LogP contribution in [0.2, 0.25) is 0 Å². The van der Waals surface area contributed by atoms with E-state index in [0.29, 0.717) is 11.3 Å². The Bertz CT molecular complexity index is 277. The molecule has 0 aromatic heterocycles. The fourth-order valence-electron chi connectivity index (χ4n) is 2.82. The Balaban J connectivity index is 2.50. The van der Waals surface area contributed by atoms with E-state index in [1.807, 2.05) is 11.9 Å². The second-order valence-corrected chi connectivity index (χ2v) is 7.51. The summed E-state index contributed by atoms with van der Waals surface area (Å²) < 4.78 is 0. The van der Waals surface area contributed by atoms with E-state index in [2.05, 4.69) is 43.6 Å². The van der Waals surface area contributed by atoms with Gasteiger partial charge >= 0.3 is 0 Å². The predicted molar refractivity (Wildman–Crippen MR) is 80.9 cm³/mol. The smallest absolute Gasteiger partial charge is 0.225 e. The normalized spacial score (nSPS) is 26.8. The van der Waals surface area contributed by atoms with Crippen molar-refractivity contribution in [3.8, 4) is 0 Å². The highest BCUT2D eigenvalue weighted by Crippen LogP contribution is 2.40. The number of hydrogen-bond donors (Lipinski definition) is 0. The number of rotatable bonds is 3. The molecule has 1 unspecified atom stereocenters. The number of carbonyl (C=O) groups excluding carboxylic acids is 1. The van der Waals surface area contributed by atoms with Crippen LogP contribution in [0.3, 0.4) is 0 Å². The van der Waals surface area contributed by atoms with Gasteiger partial charge in [-0.2, -0.15) is 0 Å². The van der Waals surface area contributed by atoms with Gasteiger partial charge in [0.25, 0.3) is 0 Å². The molecule has 2 nitrogen and oxygen atoms in total. The lowest BCUT2D eigenvalue weighted by molar-refractivity contribution is -0.137. The van der Waals surface area contributed by atoms with Gasteiger partial charge in [-0.05, 0) is 43.9 Å². The standard InChI is InChI=1S/C15H28BrNO/c1-11(10-16)17(5)14(18)12-6-8-13(9-7-12)15(2,3)4/h11-13H,6-10H2,1-5H3. The third-order valence-electron chi connectivity index (χ3n) is 4.53. The van der Waals surface area contributed by atoms with Crippen LogP contribution >= 0.6 is 15.9 Å². The van der Waals surface area contributed by atoms with E-state index < -0.39 is 0 Å². The second kappa shape index (κ2) is 6.40. The molecule has 0 bridgehead atoms. The van der Waals surface area contributed by atoms with Gasteiger partial charge in [0.15, 0.2) is 0 Å². The van der Waals surface area contributed by atoms with Gasteiger partial charge in [-0.15, -0.1) is 0 Å². The lowest BCUT2D eigenvalue weighted by Crippen LogP contribution is -2.41. The number of halogens is 1. The minimum absolute atomic E-state index is 0.259. The molecule has 1 aliphatic carbocycles. The Kier molecular flexibility index (Phi) is 5.69. The van der Waals surface area contributed by atoms with Crippen LogP contribution < -0.4 is 0 Å². The highest BCUT2D eigenvalue weighted by molar-refractivity contribution is 9.09. The Morgan fingerprint density at radius 1 is 1.28 bits per heavy atom. The van der Waals surface area contributed by atoms with Gasteiger partial charge in [-0.25, -0.2) is 0 Å². The Morgan fingerprint density at radius 2 is 1.78 bits per heavy atom. The average molecular weight is 318 g/mol. The van der Waals surface area contributed by atoms with Crippen molar-refractivity contribution < 1.29 is 4.79 Å². The average Bonchev–Trinajstić information content (AvgIpc) is 2.35. The summed E-state index contributed by atoms with van der Waals surface area (Å²) in [5, 5.41) is 0.854. The van der Waals surface area contributed by atoms with E-state index in [1.54, 1.807) is 0 Å². The molecule has 0 aromatic rings. The molecule has 3 heteroatoms. The van der Waals surface area contributed by atoms with Gasteiger partial charge in [-0.3, -0.25) is 4.79 Å². The van der Waals surface area contributed by atoms with Gasteiger partial charge in [0.05, 0.1) is 0 Å². The molecule has 1 fully saturated rings. The molecule has 0 N–H and O–H groups in total. The van der Waals surface area contributed by atoms with E-state index in [9.17, 15) is 4.79 Å². The first-order chi connectivity index (χ1) is 8.27. The first kappa shape index (κ1) is 16.0. The van der Waals surface area contributed by atoms with Crippen molar-refractivity contribution in [1.82, 2.24) is 4.90 Å². The number of alkyl halides is 1. The Morgan fingerprint density at radius 3 is 2.17 bits per heavy atom. The number of hydrogen-bond acceptors (Lipinski definition) is 1. The van der Waals surface area contributed by atoms with Crippen molar-refractivity contribution in [2.45, 2.75) is 59.4 Å². The second-order valence-electron chi connectivity index (χ2n) is 6.87. The fraction of sp³-hybridized carbons (Fsp3) is 0.933. The molecule has 0 radical (unpaired) electrons. The first-order valence-corrected chi connectivity index (χ1v) is 8.22. The van der Waals surface area contributed by atoms with Crippen molar-refractivity contribution in [1.29, 1.82) is 0 Å². The topological polar surface area (TPSA) is 20.3 Å². The molecule has 1 saturated carbocycles. The van der Waals surface area contributed by atoms with Gasteiger partial charge in [0.1, 0.15) is 0 Å². The molecule has 0 saturated heterocycles. The molecule has 1 rings (SSSR count). The van der Waals surface area contributed by atoms with Gasteiger partial charge < -0.3 is 4.90 Å². The number of carbonyl (C=O) groups is 1. The van der Waals surface area contributed by atoms with Crippen molar-refractivity contribution in [2.75, 3.05) is 12.4 Å². The first-order valence-electron chi connectivity index (χ1n) is 7.10. The van der Waals surface area contributed by atoms with Gasteiger partial charge in [0, 0.05) is 24.3 Å². The zero-order valence-electron chi connectivity index (χ0n) is 12.5. The van der Waals surface area contributed by atoms with E-state index in [4.69, 9.17) is 0 Å². The van der Waals surface area contributed by atoms with E-state index in [-0.39, 0.29) is 12.0 Å². The molecule has 1 aliphatic rings. The summed E-state index contributed by atoms with van der Waals surface area (Å²) >= 11 is 3.45. The summed E-state index contributed by atoms with van der Waals surface area (Å²) in [5.74, 6) is 1.38. The Hall–Kier alpha value is -0.0500. The van der Waals surface area contributed by atoms with Crippen molar-refractivity contribution in [3.63, 3.8) is 0 Å². The zero-order chi connectivity index (χ0) is 13.9. The maximum atomic E-state index is 12.4. The number of nitrogens with zero attached hydrogens (tertiary/aromatic N) is 1.